The fourth-order valence-corrected chi connectivity index (χ4v) is 2.99. The number of rotatable bonds is 3. The van der Waals surface area contributed by atoms with Crippen molar-refractivity contribution in [2.45, 2.75) is 40.0 Å². The summed E-state index contributed by atoms with van der Waals surface area (Å²) in [6.45, 7) is 18.9. The topological polar surface area (TPSA) is 0 Å². The van der Waals surface area contributed by atoms with E-state index in [0.29, 0.717) is 17.8 Å². The standard InChI is InChI=1S/C15H24/c1-10(2)13-8-7-9-14(11(3)4)15(13)12(5)6/h13-15H,1,3,5,7-9H2,2,4,6H3. The molecule has 0 bridgehead atoms. The van der Waals surface area contributed by atoms with E-state index in [-0.39, 0.29) is 0 Å². The predicted octanol–water partition coefficient (Wildman–Crippen LogP) is 4.75. The lowest BCUT2D eigenvalue weighted by molar-refractivity contribution is 0.240. The van der Waals surface area contributed by atoms with Crippen molar-refractivity contribution in [3.8, 4) is 0 Å². The number of hydrogen-bond donors (Lipinski definition) is 0. The average Bonchev–Trinajstić information content (AvgIpc) is 2.16. The summed E-state index contributed by atoms with van der Waals surface area (Å²) >= 11 is 0. The van der Waals surface area contributed by atoms with Gasteiger partial charge in [0.2, 0.25) is 0 Å². The van der Waals surface area contributed by atoms with E-state index in [4.69, 9.17) is 0 Å². The van der Waals surface area contributed by atoms with Crippen molar-refractivity contribution in [3.63, 3.8) is 0 Å². The second kappa shape index (κ2) is 4.83. The van der Waals surface area contributed by atoms with Gasteiger partial charge in [0.25, 0.3) is 0 Å². The van der Waals surface area contributed by atoms with Crippen LogP contribution in [-0.4, -0.2) is 0 Å². The van der Waals surface area contributed by atoms with E-state index in [1.54, 1.807) is 0 Å². The van der Waals surface area contributed by atoms with Crippen LogP contribution in [0.3, 0.4) is 0 Å². The third-order valence-electron chi connectivity index (χ3n) is 3.73. The molecular weight excluding hydrogens is 180 g/mol. The Morgan fingerprint density at radius 3 is 1.47 bits per heavy atom. The third kappa shape index (κ3) is 2.62. The lowest BCUT2D eigenvalue weighted by Gasteiger charge is -2.39. The Bertz CT molecular complexity index is 260. The highest BCUT2D eigenvalue weighted by Crippen LogP contribution is 2.44. The summed E-state index contributed by atoms with van der Waals surface area (Å²) in [6, 6.07) is 0. The Labute approximate surface area is 94.8 Å². The molecule has 2 unspecified atom stereocenters. The second-order valence-corrected chi connectivity index (χ2v) is 5.21. The van der Waals surface area contributed by atoms with Gasteiger partial charge in [0.05, 0.1) is 0 Å². The molecule has 84 valence electrons. The SMILES string of the molecule is C=C(C)C1CCCC(C(=C)C)C1C(=C)C. The van der Waals surface area contributed by atoms with Gasteiger partial charge in [0.15, 0.2) is 0 Å². The first kappa shape index (κ1) is 12.3. The van der Waals surface area contributed by atoms with Crippen molar-refractivity contribution in [3.05, 3.63) is 36.5 Å². The van der Waals surface area contributed by atoms with Gasteiger partial charge in [-0.15, -0.1) is 0 Å². The van der Waals surface area contributed by atoms with Crippen LogP contribution in [0, 0.1) is 17.8 Å². The Hall–Kier alpha value is -0.780. The molecule has 0 amide bonds. The maximum Gasteiger partial charge on any atom is -0.00778 e. The highest BCUT2D eigenvalue weighted by atomic mass is 14.4. The Balaban J connectivity index is 2.95. The number of hydrogen-bond acceptors (Lipinski definition) is 0. The first-order valence-electron chi connectivity index (χ1n) is 5.91. The number of allylic oxidation sites excluding steroid dienone is 3. The van der Waals surface area contributed by atoms with Crippen molar-refractivity contribution < 1.29 is 0 Å². The molecule has 0 heteroatoms. The van der Waals surface area contributed by atoms with Gasteiger partial charge in [-0.1, -0.05) is 42.9 Å². The fourth-order valence-electron chi connectivity index (χ4n) is 2.99. The molecule has 1 aliphatic carbocycles. The second-order valence-electron chi connectivity index (χ2n) is 5.21. The highest BCUT2D eigenvalue weighted by molar-refractivity contribution is 5.17. The third-order valence-corrected chi connectivity index (χ3v) is 3.73. The van der Waals surface area contributed by atoms with Crippen LogP contribution in [0.5, 0.6) is 0 Å². The van der Waals surface area contributed by atoms with Crippen LogP contribution in [-0.2, 0) is 0 Å². The summed E-state index contributed by atoms with van der Waals surface area (Å²) in [7, 11) is 0. The summed E-state index contributed by atoms with van der Waals surface area (Å²) < 4.78 is 0. The zero-order valence-electron chi connectivity index (χ0n) is 10.5. The van der Waals surface area contributed by atoms with Crippen LogP contribution in [0.2, 0.25) is 0 Å². The van der Waals surface area contributed by atoms with Crippen molar-refractivity contribution in [2.24, 2.45) is 17.8 Å². The fraction of sp³-hybridized carbons (Fsp3) is 0.600. The van der Waals surface area contributed by atoms with Gasteiger partial charge in [0.1, 0.15) is 0 Å². The minimum absolute atomic E-state index is 0.578. The lowest BCUT2D eigenvalue weighted by atomic mass is 9.65. The van der Waals surface area contributed by atoms with Crippen molar-refractivity contribution >= 4 is 0 Å². The maximum absolute atomic E-state index is 4.16. The van der Waals surface area contributed by atoms with Crippen molar-refractivity contribution in [1.82, 2.24) is 0 Å². The van der Waals surface area contributed by atoms with Crippen LogP contribution in [0.25, 0.3) is 0 Å². The molecule has 0 nitrogen and oxygen atoms in total. The summed E-state index contributed by atoms with van der Waals surface area (Å²) in [4.78, 5) is 0. The van der Waals surface area contributed by atoms with E-state index < -0.39 is 0 Å². The summed E-state index contributed by atoms with van der Waals surface area (Å²) in [5.74, 6) is 1.82. The molecule has 0 heterocycles. The Morgan fingerprint density at radius 1 is 0.800 bits per heavy atom. The molecule has 0 aliphatic heterocycles. The molecule has 2 atom stereocenters. The molecule has 1 saturated carbocycles. The van der Waals surface area contributed by atoms with Gasteiger partial charge in [-0.05, 0) is 51.4 Å². The predicted molar refractivity (Wildman–Crippen MR) is 68.8 cm³/mol. The first-order valence-corrected chi connectivity index (χ1v) is 5.91. The molecule has 1 aliphatic rings. The van der Waals surface area contributed by atoms with Crippen molar-refractivity contribution in [1.29, 1.82) is 0 Å². The van der Waals surface area contributed by atoms with Gasteiger partial charge in [0, 0.05) is 0 Å². The minimum Gasteiger partial charge on any atom is -0.0998 e. The highest BCUT2D eigenvalue weighted by Gasteiger charge is 2.34. The molecule has 1 rings (SSSR count). The van der Waals surface area contributed by atoms with Gasteiger partial charge in [-0.2, -0.15) is 0 Å². The summed E-state index contributed by atoms with van der Waals surface area (Å²) in [5.41, 5.74) is 3.93. The first-order chi connectivity index (χ1) is 6.95. The molecule has 0 N–H and O–H groups in total. The molecular formula is C15H24. The molecule has 1 fully saturated rings. The molecule has 0 aromatic carbocycles. The zero-order chi connectivity index (χ0) is 11.6. The van der Waals surface area contributed by atoms with Crippen molar-refractivity contribution in [2.75, 3.05) is 0 Å². The molecule has 0 saturated heterocycles. The van der Waals surface area contributed by atoms with E-state index >= 15 is 0 Å². The van der Waals surface area contributed by atoms with E-state index in [1.807, 2.05) is 0 Å². The van der Waals surface area contributed by atoms with Crippen LogP contribution < -0.4 is 0 Å². The van der Waals surface area contributed by atoms with E-state index in [2.05, 4.69) is 40.5 Å². The molecule has 15 heavy (non-hydrogen) atoms. The Kier molecular flexibility index (Phi) is 3.96. The van der Waals surface area contributed by atoms with E-state index in [0.717, 1.165) is 0 Å². The molecule has 0 aromatic rings. The molecule has 0 spiro atoms. The normalized spacial score (nSPS) is 31.0. The minimum atomic E-state index is 0.578. The average molecular weight is 204 g/mol. The smallest absolute Gasteiger partial charge is 0.00778 e. The monoisotopic (exact) mass is 204 g/mol. The zero-order valence-corrected chi connectivity index (χ0v) is 10.5. The summed E-state index contributed by atoms with van der Waals surface area (Å²) in [5, 5.41) is 0. The quantitative estimate of drug-likeness (QED) is 0.582. The lowest BCUT2D eigenvalue weighted by Crippen LogP contribution is -2.30. The van der Waals surface area contributed by atoms with Gasteiger partial charge >= 0.3 is 0 Å². The van der Waals surface area contributed by atoms with Gasteiger partial charge < -0.3 is 0 Å². The van der Waals surface area contributed by atoms with Crippen LogP contribution in [0.15, 0.2) is 36.5 Å². The van der Waals surface area contributed by atoms with E-state index in [1.165, 1.54) is 36.0 Å². The molecule has 0 radical (unpaired) electrons. The van der Waals surface area contributed by atoms with Gasteiger partial charge in [-0.25, -0.2) is 0 Å². The molecule has 0 aromatic heterocycles. The Morgan fingerprint density at radius 2 is 1.20 bits per heavy atom. The van der Waals surface area contributed by atoms with Crippen LogP contribution in [0.1, 0.15) is 40.0 Å². The van der Waals surface area contributed by atoms with Crippen LogP contribution in [0.4, 0.5) is 0 Å². The summed E-state index contributed by atoms with van der Waals surface area (Å²) in [6.07, 6.45) is 3.85. The maximum atomic E-state index is 4.16. The van der Waals surface area contributed by atoms with Crippen LogP contribution >= 0.6 is 0 Å². The van der Waals surface area contributed by atoms with E-state index in [9.17, 15) is 0 Å². The largest absolute Gasteiger partial charge is 0.0998 e. The van der Waals surface area contributed by atoms with Gasteiger partial charge in [-0.3, -0.25) is 0 Å².